The molecule has 0 radical (unpaired) electrons. The third kappa shape index (κ3) is 6.28. The molecule has 340 valence electrons. The summed E-state index contributed by atoms with van der Waals surface area (Å²) in [6.07, 6.45) is 3.78. The SMILES string of the molecule is Cc1cc(C)c(B2c3cc(-c4cccc(-c5ccccn5)c4)ccc3N3c4cc5ccccc5c5c4N(c4cc(-c6ccccn6)ccc4B5c4c(C)cc(C)cc4C)c4cc5ccccc5c2c43)c(C)c1. The molecule has 0 N–H and O–H groups in total. The average molecular weight is 921 g/mol. The monoisotopic (exact) mass is 920 g/mol. The van der Waals surface area contributed by atoms with Crippen LogP contribution in [0.15, 0.2) is 194 Å². The normalized spacial score (nSPS) is 13.0. The number of fused-ring (bicyclic) bond motifs is 10. The molecule has 3 aliphatic rings. The van der Waals surface area contributed by atoms with Gasteiger partial charge in [0.1, 0.15) is 0 Å². The van der Waals surface area contributed by atoms with E-state index in [1.165, 1.54) is 133 Å². The van der Waals surface area contributed by atoms with Gasteiger partial charge in [0, 0.05) is 34.9 Å². The van der Waals surface area contributed by atoms with Crippen LogP contribution >= 0.6 is 0 Å². The lowest BCUT2D eigenvalue weighted by Gasteiger charge is -2.50. The van der Waals surface area contributed by atoms with E-state index in [-0.39, 0.29) is 13.4 Å². The summed E-state index contributed by atoms with van der Waals surface area (Å²) in [5.74, 6) is 0. The molecule has 0 saturated carbocycles. The highest BCUT2D eigenvalue weighted by molar-refractivity contribution is 7.01. The van der Waals surface area contributed by atoms with Crippen LogP contribution in [0.25, 0.3) is 55.2 Å². The number of benzene rings is 9. The molecule has 0 atom stereocenters. The molecule has 0 aliphatic carbocycles. The number of aryl methyl sites for hydroxylation is 6. The number of hydrogen-bond donors (Lipinski definition) is 0. The zero-order chi connectivity index (χ0) is 48.5. The molecule has 11 aromatic rings. The Balaban J connectivity index is 1.14. The molecule has 9 aromatic carbocycles. The Labute approximate surface area is 422 Å². The van der Waals surface area contributed by atoms with Gasteiger partial charge in [-0.05, 0) is 151 Å². The standard InChI is InChI=1S/C66H50B2N4/c1-39-30-41(3)61(42(4)31-39)67-53-26-24-50(56-23-12-14-29-70-56)38-58(53)72-60-37-48-17-8-10-21-52(48)64-65(60)71(59-36-47-16-7-9-20-51(47)63(67)66(59)72)57-27-25-46(45-18-15-19-49(34-45)55-22-11-13-28-69-55)35-54(57)68(64)62-43(5)32-40(2)33-44(62)6/h7-38H,1-6H3. The van der Waals surface area contributed by atoms with E-state index in [0.717, 1.165) is 22.5 Å². The van der Waals surface area contributed by atoms with Crippen molar-refractivity contribution in [3.8, 4) is 33.6 Å². The lowest BCUT2D eigenvalue weighted by molar-refractivity contribution is 1.19. The fraction of sp³-hybridized carbons (Fsp3) is 0.0909. The summed E-state index contributed by atoms with van der Waals surface area (Å²) in [6, 6.07) is 68.4. The smallest absolute Gasteiger partial charge is 0.248 e. The number of rotatable bonds is 5. The van der Waals surface area contributed by atoms with Gasteiger partial charge in [-0.2, -0.15) is 0 Å². The van der Waals surface area contributed by atoms with E-state index in [4.69, 9.17) is 9.97 Å². The highest BCUT2D eigenvalue weighted by Crippen LogP contribution is 2.57. The molecule has 72 heavy (non-hydrogen) atoms. The summed E-state index contributed by atoms with van der Waals surface area (Å²) < 4.78 is 0. The van der Waals surface area contributed by atoms with Crippen LogP contribution in [0.5, 0.6) is 0 Å². The van der Waals surface area contributed by atoms with Crippen molar-refractivity contribution in [1.82, 2.24) is 9.97 Å². The van der Waals surface area contributed by atoms with Crippen LogP contribution in [-0.4, -0.2) is 23.4 Å². The lowest BCUT2D eigenvalue weighted by atomic mass is 9.32. The van der Waals surface area contributed by atoms with Crippen molar-refractivity contribution < 1.29 is 0 Å². The molecule has 4 nitrogen and oxygen atoms in total. The van der Waals surface area contributed by atoms with E-state index in [2.05, 4.69) is 221 Å². The first-order valence-electron chi connectivity index (χ1n) is 25.3. The van der Waals surface area contributed by atoms with Crippen LogP contribution in [0.2, 0.25) is 0 Å². The molecule has 0 spiro atoms. The highest BCUT2D eigenvalue weighted by atomic mass is 15.3. The molecule has 0 bridgehead atoms. The minimum absolute atomic E-state index is 0.0421. The van der Waals surface area contributed by atoms with Gasteiger partial charge in [0.25, 0.3) is 0 Å². The molecule has 0 saturated heterocycles. The van der Waals surface area contributed by atoms with Crippen LogP contribution < -0.4 is 42.6 Å². The largest absolute Gasteiger partial charge is 0.307 e. The molecule has 5 heterocycles. The Morgan fingerprint density at radius 2 is 0.806 bits per heavy atom. The van der Waals surface area contributed by atoms with E-state index >= 15 is 0 Å². The Morgan fingerprint density at radius 3 is 1.36 bits per heavy atom. The molecule has 6 heteroatoms. The molecule has 0 amide bonds. The van der Waals surface area contributed by atoms with Gasteiger partial charge in [-0.25, -0.2) is 0 Å². The van der Waals surface area contributed by atoms with Gasteiger partial charge in [-0.3, -0.25) is 9.97 Å². The first-order valence-corrected chi connectivity index (χ1v) is 25.3. The predicted molar refractivity (Wildman–Crippen MR) is 307 cm³/mol. The van der Waals surface area contributed by atoms with Crippen LogP contribution in [0.3, 0.4) is 0 Å². The van der Waals surface area contributed by atoms with Gasteiger partial charge in [0.15, 0.2) is 0 Å². The van der Waals surface area contributed by atoms with E-state index in [1.54, 1.807) is 0 Å². The van der Waals surface area contributed by atoms with Crippen LogP contribution in [0, 0.1) is 41.5 Å². The summed E-state index contributed by atoms with van der Waals surface area (Å²) in [7, 11) is 0. The van der Waals surface area contributed by atoms with Crippen LogP contribution in [-0.2, 0) is 0 Å². The minimum Gasteiger partial charge on any atom is -0.307 e. The minimum atomic E-state index is -0.0770. The van der Waals surface area contributed by atoms with Crippen molar-refractivity contribution in [2.45, 2.75) is 41.5 Å². The van der Waals surface area contributed by atoms with Crippen LogP contribution in [0.1, 0.15) is 33.4 Å². The summed E-state index contributed by atoms with van der Waals surface area (Å²) in [5.41, 5.74) is 29.5. The summed E-state index contributed by atoms with van der Waals surface area (Å²) in [4.78, 5) is 15.0. The first-order chi connectivity index (χ1) is 35.2. The molecular formula is C66H50B2N4. The van der Waals surface area contributed by atoms with Gasteiger partial charge < -0.3 is 9.80 Å². The maximum atomic E-state index is 4.92. The lowest BCUT2D eigenvalue weighted by Crippen LogP contribution is -2.62. The number of aromatic nitrogens is 2. The van der Waals surface area contributed by atoms with Crippen molar-refractivity contribution in [3.63, 3.8) is 0 Å². The number of nitrogens with zero attached hydrogens (tertiary/aromatic N) is 4. The highest BCUT2D eigenvalue weighted by Gasteiger charge is 2.48. The van der Waals surface area contributed by atoms with Crippen LogP contribution in [0.4, 0.5) is 34.1 Å². The summed E-state index contributed by atoms with van der Waals surface area (Å²) in [6.45, 7) is 13.6. The molecule has 0 fully saturated rings. The topological polar surface area (TPSA) is 32.3 Å². The molecular weight excluding hydrogens is 870 g/mol. The third-order valence-corrected chi connectivity index (χ3v) is 15.9. The van der Waals surface area contributed by atoms with Gasteiger partial charge in [-0.1, -0.05) is 172 Å². The Bertz CT molecular complexity index is 4040. The van der Waals surface area contributed by atoms with Gasteiger partial charge in [0.05, 0.1) is 34.1 Å². The van der Waals surface area contributed by atoms with Crippen molar-refractivity contribution in [2.24, 2.45) is 0 Å². The fourth-order valence-electron chi connectivity index (χ4n) is 13.3. The van der Waals surface area contributed by atoms with E-state index in [0.29, 0.717) is 0 Å². The van der Waals surface area contributed by atoms with Crippen molar-refractivity contribution >= 4 is 102 Å². The Hall–Kier alpha value is -8.47. The van der Waals surface area contributed by atoms with Crippen molar-refractivity contribution in [3.05, 3.63) is 228 Å². The fourth-order valence-corrected chi connectivity index (χ4v) is 13.3. The molecule has 14 rings (SSSR count). The summed E-state index contributed by atoms with van der Waals surface area (Å²) >= 11 is 0. The van der Waals surface area contributed by atoms with E-state index < -0.39 is 0 Å². The maximum Gasteiger partial charge on any atom is 0.248 e. The second-order valence-electron chi connectivity index (χ2n) is 20.5. The van der Waals surface area contributed by atoms with Gasteiger partial charge in [-0.15, -0.1) is 0 Å². The van der Waals surface area contributed by atoms with Gasteiger partial charge in [0.2, 0.25) is 13.4 Å². The molecule has 0 unspecified atom stereocenters. The van der Waals surface area contributed by atoms with E-state index in [1.807, 2.05) is 24.5 Å². The predicted octanol–water partition coefficient (Wildman–Crippen LogP) is 12.5. The average Bonchev–Trinajstić information content (AvgIpc) is 3.41. The quantitative estimate of drug-likeness (QED) is 0.161. The Morgan fingerprint density at radius 1 is 0.333 bits per heavy atom. The van der Waals surface area contributed by atoms with Gasteiger partial charge >= 0.3 is 0 Å². The van der Waals surface area contributed by atoms with E-state index in [9.17, 15) is 0 Å². The zero-order valence-electron chi connectivity index (χ0n) is 41.4. The third-order valence-electron chi connectivity index (χ3n) is 15.9. The molecule has 2 aromatic heterocycles. The van der Waals surface area contributed by atoms with Crippen molar-refractivity contribution in [2.75, 3.05) is 9.80 Å². The second kappa shape index (κ2) is 16.0. The number of hydrogen-bond acceptors (Lipinski definition) is 4. The Kier molecular flexibility index (Phi) is 9.44. The maximum absolute atomic E-state index is 4.92. The number of pyridine rings is 2. The summed E-state index contributed by atoms with van der Waals surface area (Å²) in [5, 5.41) is 5.00. The second-order valence-corrected chi connectivity index (χ2v) is 20.5. The number of anilines is 6. The van der Waals surface area contributed by atoms with Crippen molar-refractivity contribution in [1.29, 1.82) is 0 Å². The zero-order valence-corrected chi connectivity index (χ0v) is 41.4. The molecule has 3 aliphatic heterocycles. The first kappa shape index (κ1) is 42.4.